The Bertz CT molecular complexity index is 369. The van der Waals surface area contributed by atoms with Crippen LogP contribution in [-0.2, 0) is 0 Å². The zero-order valence-corrected chi connectivity index (χ0v) is 11.8. The van der Waals surface area contributed by atoms with Crippen molar-refractivity contribution >= 4 is 0 Å². The second-order valence-electron chi connectivity index (χ2n) is 5.57. The molecular weight excluding hydrogens is 239 g/mol. The fraction of sp³-hybridized carbons (Fsp3) is 0.625. The number of hydrogen-bond acceptors (Lipinski definition) is 2. The van der Waals surface area contributed by atoms with Gasteiger partial charge in [0.1, 0.15) is 5.82 Å². The molecule has 2 nitrogen and oxygen atoms in total. The predicted octanol–water partition coefficient (Wildman–Crippen LogP) is 2.99. The SMILES string of the molecule is CCCN1CCC(C(CN)c2ccc(F)cc2)CC1. The monoisotopic (exact) mass is 264 g/mol. The van der Waals surface area contributed by atoms with Crippen molar-refractivity contribution in [3.05, 3.63) is 35.6 Å². The van der Waals surface area contributed by atoms with Gasteiger partial charge in [0, 0.05) is 0 Å². The number of benzene rings is 1. The first kappa shape index (κ1) is 14.5. The predicted molar refractivity (Wildman–Crippen MR) is 77.7 cm³/mol. The Kier molecular flexibility index (Phi) is 5.34. The minimum absolute atomic E-state index is 0.169. The number of piperidine rings is 1. The molecule has 1 aromatic carbocycles. The highest BCUT2D eigenvalue weighted by molar-refractivity contribution is 5.21. The maximum absolute atomic E-state index is 13.0. The molecule has 0 bridgehead atoms. The van der Waals surface area contributed by atoms with E-state index in [1.165, 1.54) is 44.5 Å². The lowest BCUT2D eigenvalue weighted by atomic mass is 9.80. The lowest BCUT2D eigenvalue weighted by Gasteiger charge is -2.35. The molecule has 1 aliphatic heterocycles. The fourth-order valence-electron chi connectivity index (χ4n) is 3.21. The molecule has 0 aliphatic carbocycles. The van der Waals surface area contributed by atoms with Gasteiger partial charge in [-0.3, -0.25) is 0 Å². The number of likely N-dealkylation sites (tertiary alicyclic amines) is 1. The van der Waals surface area contributed by atoms with Crippen LogP contribution >= 0.6 is 0 Å². The van der Waals surface area contributed by atoms with E-state index in [-0.39, 0.29) is 5.82 Å². The summed E-state index contributed by atoms with van der Waals surface area (Å²) < 4.78 is 13.0. The van der Waals surface area contributed by atoms with E-state index in [0.717, 1.165) is 0 Å². The van der Waals surface area contributed by atoms with E-state index in [1.807, 2.05) is 12.1 Å². The van der Waals surface area contributed by atoms with E-state index in [2.05, 4.69) is 11.8 Å². The summed E-state index contributed by atoms with van der Waals surface area (Å²) in [6, 6.07) is 6.88. The van der Waals surface area contributed by atoms with Crippen LogP contribution in [0.5, 0.6) is 0 Å². The van der Waals surface area contributed by atoms with E-state index in [1.54, 1.807) is 12.1 Å². The lowest BCUT2D eigenvalue weighted by Crippen LogP contribution is -2.37. The molecule has 1 aromatic rings. The van der Waals surface area contributed by atoms with Gasteiger partial charge in [0.15, 0.2) is 0 Å². The van der Waals surface area contributed by atoms with Crippen LogP contribution < -0.4 is 5.73 Å². The molecule has 1 heterocycles. The van der Waals surface area contributed by atoms with Gasteiger partial charge in [-0.25, -0.2) is 4.39 Å². The zero-order chi connectivity index (χ0) is 13.7. The van der Waals surface area contributed by atoms with Crippen LogP contribution in [0.2, 0.25) is 0 Å². The van der Waals surface area contributed by atoms with Gasteiger partial charge in [-0.2, -0.15) is 0 Å². The fourth-order valence-corrected chi connectivity index (χ4v) is 3.21. The first-order valence-electron chi connectivity index (χ1n) is 7.42. The number of hydrogen-bond donors (Lipinski definition) is 1. The number of rotatable bonds is 5. The second-order valence-corrected chi connectivity index (χ2v) is 5.57. The van der Waals surface area contributed by atoms with Crippen LogP contribution in [0, 0.1) is 11.7 Å². The molecule has 0 amide bonds. The average Bonchev–Trinajstić information content (AvgIpc) is 2.44. The Balaban J connectivity index is 1.97. The van der Waals surface area contributed by atoms with E-state index >= 15 is 0 Å². The second kappa shape index (κ2) is 7.01. The summed E-state index contributed by atoms with van der Waals surface area (Å²) in [7, 11) is 0. The highest BCUT2D eigenvalue weighted by Gasteiger charge is 2.26. The van der Waals surface area contributed by atoms with Crippen LogP contribution in [0.15, 0.2) is 24.3 Å². The normalized spacial score (nSPS) is 19.5. The molecule has 2 N–H and O–H groups in total. The molecule has 0 saturated carbocycles. The minimum atomic E-state index is -0.169. The van der Waals surface area contributed by atoms with Gasteiger partial charge in [-0.1, -0.05) is 19.1 Å². The molecule has 1 atom stereocenters. The Morgan fingerprint density at radius 3 is 2.42 bits per heavy atom. The van der Waals surface area contributed by atoms with E-state index < -0.39 is 0 Å². The summed E-state index contributed by atoms with van der Waals surface area (Å²) >= 11 is 0. The van der Waals surface area contributed by atoms with Gasteiger partial charge >= 0.3 is 0 Å². The number of nitrogens with zero attached hydrogens (tertiary/aromatic N) is 1. The molecule has 0 spiro atoms. The summed E-state index contributed by atoms with van der Waals surface area (Å²) in [5.74, 6) is 0.852. The quantitative estimate of drug-likeness (QED) is 0.886. The van der Waals surface area contributed by atoms with Crippen molar-refractivity contribution in [2.45, 2.75) is 32.1 Å². The van der Waals surface area contributed by atoms with Crippen molar-refractivity contribution in [3.63, 3.8) is 0 Å². The van der Waals surface area contributed by atoms with Crippen LogP contribution in [-0.4, -0.2) is 31.1 Å². The van der Waals surface area contributed by atoms with E-state index in [9.17, 15) is 4.39 Å². The first-order valence-corrected chi connectivity index (χ1v) is 7.42. The topological polar surface area (TPSA) is 29.3 Å². The first-order chi connectivity index (χ1) is 9.24. The molecule has 3 heteroatoms. The Hall–Kier alpha value is -0.930. The van der Waals surface area contributed by atoms with E-state index in [4.69, 9.17) is 5.73 Å². The summed E-state index contributed by atoms with van der Waals surface area (Å²) in [6.45, 7) is 6.44. The van der Waals surface area contributed by atoms with Crippen LogP contribution in [0.3, 0.4) is 0 Å². The standard InChI is InChI=1S/C16H25FN2/c1-2-9-19-10-7-14(8-11-19)16(12-18)13-3-5-15(17)6-4-13/h3-6,14,16H,2,7-12,18H2,1H3. The molecule has 1 unspecified atom stereocenters. The molecule has 0 radical (unpaired) electrons. The van der Waals surface area contributed by atoms with Gasteiger partial charge in [-0.05, 0) is 75.0 Å². The Labute approximate surface area is 115 Å². The van der Waals surface area contributed by atoms with Crippen molar-refractivity contribution in [1.82, 2.24) is 4.90 Å². The molecule has 19 heavy (non-hydrogen) atoms. The molecule has 2 rings (SSSR count). The van der Waals surface area contributed by atoms with Gasteiger partial charge in [0.25, 0.3) is 0 Å². The van der Waals surface area contributed by atoms with Crippen molar-refractivity contribution in [2.75, 3.05) is 26.2 Å². The molecular formula is C16H25FN2. The van der Waals surface area contributed by atoms with Gasteiger partial charge in [0.05, 0.1) is 0 Å². The summed E-state index contributed by atoms with van der Waals surface area (Å²) in [4.78, 5) is 2.54. The van der Waals surface area contributed by atoms with Crippen LogP contribution in [0.25, 0.3) is 0 Å². The molecule has 1 fully saturated rings. The maximum Gasteiger partial charge on any atom is 0.123 e. The van der Waals surface area contributed by atoms with Crippen LogP contribution in [0.1, 0.15) is 37.7 Å². The van der Waals surface area contributed by atoms with Crippen molar-refractivity contribution in [1.29, 1.82) is 0 Å². The van der Waals surface area contributed by atoms with E-state index in [0.29, 0.717) is 18.4 Å². The van der Waals surface area contributed by atoms with Crippen LogP contribution in [0.4, 0.5) is 4.39 Å². The zero-order valence-electron chi connectivity index (χ0n) is 11.8. The van der Waals surface area contributed by atoms with Gasteiger partial charge in [0.2, 0.25) is 0 Å². The van der Waals surface area contributed by atoms with Crippen molar-refractivity contribution in [3.8, 4) is 0 Å². The highest BCUT2D eigenvalue weighted by Crippen LogP contribution is 2.32. The third kappa shape index (κ3) is 3.77. The smallest absolute Gasteiger partial charge is 0.123 e. The van der Waals surface area contributed by atoms with Crippen molar-refractivity contribution in [2.24, 2.45) is 11.7 Å². The maximum atomic E-state index is 13.0. The number of halogens is 1. The largest absolute Gasteiger partial charge is 0.330 e. The minimum Gasteiger partial charge on any atom is -0.330 e. The third-order valence-corrected chi connectivity index (χ3v) is 4.29. The third-order valence-electron chi connectivity index (χ3n) is 4.29. The number of nitrogens with two attached hydrogens (primary N) is 1. The summed E-state index contributed by atoms with van der Waals surface area (Å²) in [5, 5.41) is 0. The molecule has 0 aromatic heterocycles. The summed E-state index contributed by atoms with van der Waals surface area (Å²) in [6.07, 6.45) is 3.64. The highest BCUT2D eigenvalue weighted by atomic mass is 19.1. The Morgan fingerprint density at radius 1 is 1.26 bits per heavy atom. The lowest BCUT2D eigenvalue weighted by molar-refractivity contribution is 0.169. The van der Waals surface area contributed by atoms with Crippen molar-refractivity contribution < 1.29 is 4.39 Å². The molecule has 106 valence electrons. The van der Waals surface area contributed by atoms with Gasteiger partial charge < -0.3 is 10.6 Å². The summed E-state index contributed by atoms with van der Waals surface area (Å²) in [5.41, 5.74) is 7.15. The van der Waals surface area contributed by atoms with Gasteiger partial charge in [-0.15, -0.1) is 0 Å². The average molecular weight is 264 g/mol. The Morgan fingerprint density at radius 2 is 1.89 bits per heavy atom. The molecule has 1 saturated heterocycles. The molecule has 1 aliphatic rings.